The number of aryl methyl sites for hydroxylation is 3. The van der Waals surface area contributed by atoms with Gasteiger partial charge in [-0.25, -0.2) is 0 Å². The van der Waals surface area contributed by atoms with E-state index < -0.39 is 10.0 Å². The van der Waals surface area contributed by atoms with Gasteiger partial charge in [0.05, 0.1) is 15.1 Å². The summed E-state index contributed by atoms with van der Waals surface area (Å²) in [7, 11) is -3.81. The predicted octanol–water partition coefficient (Wildman–Crippen LogP) is 3.16. The van der Waals surface area contributed by atoms with Gasteiger partial charge in [-0.05, 0) is 77.7 Å². The lowest BCUT2D eigenvalue weighted by Gasteiger charge is -2.09. The highest BCUT2D eigenvalue weighted by atomic mass is 79.9. The summed E-state index contributed by atoms with van der Waals surface area (Å²) in [6.45, 7) is 5.53. The molecule has 1 aromatic rings. The number of allylic oxidation sites excluding steroid dienone is 4. The molecule has 0 saturated carbocycles. The van der Waals surface area contributed by atoms with Crippen LogP contribution in [-0.4, -0.2) is 19.9 Å². The molecule has 4 nitrogen and oxygen atoms in total. The monoisotopic (exact) mass is 367 g/mol. The Kier molecular flexibility index (Phi) is 4.30. The van der Waals surface area contributed by atoms with E-state index in [0.29, 0.717) is 5.56 Å². The van der Waals surface area contributed by atoms with E-state index in [4.69, 9.17) is 0 Å². The molecule has 0 heterocycles. The first-order valence-electron chi connectivity index (χ1n) is 6.23. The van der Waals surface area contributed by atoms with Crippen LogP contribution >= 0.6 is 15.9 Å². The van der Waals surface area contributed by atoms with Crippen molar-refractivity contribution in [3.05, 3.63) is 51.5 Å². The second kappa shape index (κ2) is 5.69. The fourth-order valence-electron chi connectivity index (χ4n) is 1.95. The van der Waals surface area contributed by atoms with Crippen LogP contribution < -0.4 is 0 Å². The summed E-state index contributed by atoms with van der Waals surface area (Å²) < 4.78 is 28.9. The molecule has 0 N–H and O–H groups in total. The molecule has 0 aromatic heterocycles. The van der Waals surface area contributed by atoms with E-state index in [1.165, 1.54) is 18.2 Å². The SMILES string of the molecule is Cc1cc(C)c(S(=O)(=O)N=C2C=CC(=O)C(Br)=C2)cc1C. The number of ketones is 1. The van der Waals surface area contributed by atoms with E-state index in [2.05, 4.69) is 20.3 Å². The van der Waals surface area contributed by atoms with Gasteiger partial charge >= 0.3 is 0 Å². The maximum absolute atomic E-state index is 12.4. The topological polar surface area (TPSA) is 63.6 Å². The van der Waals surface area contributed by atoms with Crippen LogP contribution in [0.25, 0.3) is 0 Å². The van der Waals surface area contributed by atoms with Crippen molar-refractivity contribution in [1.82, 2.24) is 0 Å². The van der Waals surface area contributed by atoms with Gasteiger partial charge in [0.1, 0.15) is 0 Å². The van der Waals surface area contributed by atoms with E-state index in [1.807, 2.05) is 19.9 Å². The number of halogens is 1. The Hall–Kier alpha value is -1.53. The largest absolute Gasteiger partial charge is 0.289 e. The van der Waals surface area contributed by atoms with Crippen molar-refractivity contribution < 1.29 is 13.2 Å². The van der Waals surface area contributed by atoms with Crippen LogP contribution in [0.2, 0.25) is 0 Å². The van der Waals surface area contributed by atoms with Crippen LogP contribution in [0.5, 0.6) is 0 Å². The van der Waals surface area contributed by atoms with Crippen LogP contribution in [0.15, 0.2) is 44.1 Å². The summed E-state index contributed by atoms with van der Waals surface area (Å²) in [5.41, 5.74) is 2.80. The normalized spacial score (nSPS) is 17.2. The Balaban J connectivity index is 2.52. The van der Waals surface area contributed by atoms with Crippen LogP contribution in [0.4, 0.5) is 0 Å². The molecule has 0 aliphatic heterocycles. The fourth-order valence-corrected chi connectivity index (χ4v) is 3.59. The summed E-state index contributed by atoms with van der Waals surface area (Å²) in [6, 6.07) is 3.45. The maximum Gasteiger partial charge on any atom is 0.283 e. The molecule has 2 rings (SSSR count). The van der Waals surface area contributed by atoms with Gasteiger partial charge in [0.2, 0.25) is 0 Å². The van der Waals surface area contributed by atoms with Crippen molar-refractivity contribution >= 4 is 37.4 Å². The molecular weight excluding hydrogens is 354 g/mol. The Bertz CT molecular complexity index is 818. The summed E-state index contributed by atoms with van der Waals surface area (Å²) >= 11 is 3.08. The first kappa shape index (κ1) is 15.9. The van der Waals surface area contributed by atoms with Gasteiger partial charge in [-0.15, -0.1) is 0 Å². The average Bonchev–Trinajstić information content (AvgIpc) is 2.37. The molecule has 0 saturated heterocycles. The molecule has 21 heavy (non-hydrogen) atoms. The van der Waals surface area contributed by atoms with Crippen molar-refractivity contribution in [2.75, 3.05) is 0 Å². The molecule has 0 bridgehead atoms. The summed E-state index contributed by atoms with van der Waals surface area (Å²) in [6.07, 6.45) is 4.07. The van der Waals surface area contributed by atoms with E-state index in [0.717, 1.165) is 11.1 Å². The predicted molar refractivity (Wildman–Crippen MR) is 86.4 cm³/mol. The quantitative estimate of drug-likeness (QED) is 0.754. The molecule has 0 fully saturated rings. The lowest BCUT2D eigenvalue weighted by Crippen LogP contribution is -2.08. The number of rotatable bonds is 2. The van der Waals surface area contributed by atoms with Gasteiger partial charge < -0.3 is 0 Å². The average molecular weight is 368 g/mol. The number of nitrogens with zero attached hydrogens (tertiary/aromatic N) is 1. The Morgan fingerprint density at radius 3 is 2.24 bits per heavy atom. The minimum absolute atomic E-state index is 0.188. The third-order valence-corrected chi connectivity index (χ3v) is 5.28. The molecule has 0 atom stereocenters. The molecule has 0 amide bonds. The minimum atomic E-state index is -3.81. The molecule has 0 spiro atoms. The van der Waals surface area contributed by atoms with Crippen LogP contribution in [0.3, 0.4) is 0 Å². The lowest BCUT2D eigenvalue weighted by molar-refractivity contribution is -0.110. The number of hydrogen-bond acceptors (Lipinski definition) is 3. The van der Waals surface area contributed by atoms with Crippen molar-refractivity contribution in [3.63, 3.8) is 0 Å². The summed E-state index contributed by atoms with van der Waals surface area (Å²) in [5.74, 6) is -0.214. The van der Waals surface area contributed by atoms with Gasteiger partial charge in [-0.1, -0.05) is 6.07 Å². The smallest absolute Gasteiger partial charge is 0.283 e. The molecule has 0 unspecified atom stereocenters. The molecular formula is C15H14BrNO3S. The maximum atomic E-state index is 12.4. The zero-order valence-corrected chi connectivity index (χ0v) is 14.2. The highest BCUT2D eigenvalue weighted by Crippen LogP contribution is 2.23. The minimum Gasteiger partial charge on any atom is -0.289 e. The standard InChI is InChI=1S/C15H14BrNO3S/c1-9-6-11(3)15(7-10(9)2)21(19,20)17-12-4-5-14(18)13(16)8-12/h4-8H,1-3H3. The first-order valence-corrected chi connectivity index (χ1v) is 8.46. The van der Waals surface area contributed by atoms with Gasteiger partial charge in [0, 0.05) is 0 Å². The van der Waals surface area contributed by atoms with Gasteiger partial charge in [0.15, 0.2) is 5.78 Å². The molecule has 6 heteroatoms. The molecule has 0 radical (unpaired) electrons. The van der Waals surface area contributed by atoms with Gasteiger partial charge in [0.25, 0.3) is 10.0 Å². The second-order valence-corrected chi connectivity index (χ2v) is 7.31. The van der Waals surface area contributed by atoms with Crippen molar-refractivity contribution in [2.24, 2.45) is 4.40 Å². The van der Waals surface area contributed by atoms with Crippen LogP contribution in [-0.2, 0) is 14.8 Å². The molecule has 1 aliphatic carbocycles. The van der Waals surface area contributed by atoms with E-state index in [-0.39, 0.29) is 20.9 Å². The highest BCUT2D eigenvalue weighted by Gasteiger charge is 2.18. The number of hydrogen-bond donors (Lipinski definition) is 0. The fraction of sp³-hybridized carbons (Fsp3) is 0.200. The van der Waals surface area contributed by atoms with Crippen molar-refractivity contribution in [2.45, 2.75) is 25.7 Å². The molecule has 1 aliphatic rings. The third kappa shape index (κ3) is 3.39. The van der Waals surface area contributed by atoms with Crippen LogP contribution in [0.1, 0.15) is 16.7 Å². The van der Waals surface area contributed by atoms with Crippen molar-refractivity contribution in [1.29, 1.82) is 0 Å². The molecule has 1 aromatic carbocycles. The van der Waals surface area contributed by atoms with E-state index in [1.54, 1.807) is 13.0 Å². The Morgan fingerprint density at radius 1 is 1.00 bits per heavy atom. The number of sulfonamides is 1. The number of benzene rings is 1. The second-order valence-electron chi connectivity index (χ2n) is 4.88. The van der Waals surface area contributed by atoms with Gasteiger partial charge in [-0.3, -0.25) is 4.79 Å². The van der Waals surface area contributed by atoms with Crippen LogP contribution in [0, 0.1) is 20.8 Å². The number of carbonyl (C=O) groups is 1. The lowest BCUT2D eigenvalue weighted by atomic mass is 10.1. The third-order valence-electron chi connectivity index (χ3n) is 3.21. The molecule has 110 valence electrons. The van der Waals surface area contributed by atoms with E-state index >= 15 is 0 Å². The zero-order valence-electron chi connectivity index (χ0n) is 11.8. The first-order chi connectivity index (χ1) is 9.70. The Labute approximate surface area is 132 Å². The summed E-state index contributed by atoms with van der Waals surface area (Å²) in [5, 5.41) is 0. The Morgan fingerprint density at radius 2 is 1.62 bits per heavy atom. The number of carbonyl (C=O) groups excluding carboxylic acids is 1. The summed E-state index contributed by atoms with van der Waals surface area (Å²) in [4.78, 5) is 11.5. The van der Waals surface area contributed by atoms with Gasteiger partial charge in [-0.2, -0.15) is 12.8 Å². The zero-order chi connectivity index (χ0) is 15.8. The van der Waals surface area contributed by atoms with Crippen molar-refractivity contribution in [3.8, 4) is 0 Å². The highest BCUT2D eigenvalue weighted by molar-refractivity contribution is 9.12. The van der Waals surface area contributed by atoms with E-state index in [9.17, 15) is 13.2 Å².